The van der Waals surface area contributed by atoms with Crippen molar-refractivity contribution in [1.29, 1.82) is 0 Å². The molecule has 2 amide bonds. The summed E-state index contributed by atoms with van der Waals surface area (Å²) in [6.45, 7) is 23.2. The molecule has 0 unspecified atom stereocenters. The Balaban J connectivity index is 1.21. The van der Waals surface area contributed by atoms with Crippen LogP contribution in [0.5, 0.6) is 0 Å². The van der Waals surface area contributed by atoms with Gasteiger partial charge in [0.25, 0.3) is 0 Å². The van der Waals surface area contributed by atoms with Crippen LogP contribution in [-0.2, 0) is 14.3 Å². The van der Waals surface area contributed by atoms with Crippen LogP contribution in [0.1, 0.15) is 158 Å². The van der Waals surface area contributed by atoms with E-state index in [1.54, 1.807) is 13.8 Å². The van der Waals surface area contributed by atoms with Gasteiger partial charge in [-0.25, -0.2) is 4.79 Å². The van der Waals surface area contributed by atoms with Crippen LogP contribution >= 0.6 is 0 Å². The summed E-state index contributed by atoms with van der Waals surface area (Å²) in [4.78, 5) is 38.5. The maximum absolute atomic E-state index is 13.6. The lowest BCUT2D eigenvalue weighted by molar-refractivity contribution is -0.246. The number of aliphatic carboxylic acids is 1. The number of carbonyl (C=O) groups is 3. The first-order chi connectivity index (χ1) is 23.3. The Hall–Kier alpha value is -2.05. The number of esters is 1. The monoisotopic (exact) mass is 695 g/mol. The molecule has 282 valence electrons. The lowest BCUT2D eigenvalue weighted by atomic mass is 9.32. The van der Waals surface area contributed by atoms with Crippen molar-refractivity contribution < 1.29 is 24.2 Å². The highest BCUT2D eigenvalue weighted by Crippen LogP contribution is 2.76. The maximum atomic E-state index is 13.6. The van der Waals surface area contributed by atoms with Gasteiger partial charge in [0.1, 0.15) is 6.10 Å². The number of allylic oxidation sites excluding steroid dienone is 1. The molecule has 10 atom stereocenters. The van der Waals surface area contributed by atoms with Crippen molar-refractivity contribution >= 4 is 18.0 Å². The van der Waals surface area contributed by atoms with E-state index in [0.717, 1.165) is 51.5 Å². The molecule has 0 aromatic rings. The van der Waals surface area contributed by atoms with E-state index in [1.165, 1.54) is 56.9 Å². The third-order valence-corrected chi connectivity index (χ3v) is 17.1. The molecule has 6 rings (SSSR count). The first-order valence-corrected chi connectivity index (χ1v) is 20.4. The van der Waals surface area contributed by atoms with Crippen LogP contribution < -0.4 is 10.6 Å². The molecular weight excluding hydrogens is 624 g/mol. The van der Waals surface area contributed by atoms with E-state index in [2.05, 4.69) is 58.8 Å². The molecule has 6 fully saturated rings. The molecule has 7 nitrogen and oxygen atoms in total. The van der Waals surface area contributed by atoms with Crippen LogP contribution in [0.2, 0.25) is 0 Å². The first kappa shape index (κ1) is 37.7. The zero-order chi connectivity index (χ0) is 36.5. The largest absolute Gasteiger partial charge is 0.481 e. The second kappa shape index (κ2) is 13.1. The van der Waals surface area contributed by atoms with Gasteiger partial charge in [-0.05, 0) is 150 Å². The van der Waals surface area contributed by atoms with Gasteiger partial charge in [0, 0.05) is 17.5 Å². The molecular formula is C43H70N2O5. The van der Waals surface area contributed by atoms with Gasteiger partial charge in [0.15, 0.2) is 0 Å². The van der Waals surface area contributed by atoms with Crippen molar-refractivity contribution in [3.63, 3.8) is 0 Å². The van der Waals surface area contributed by atoms with Crippen molar-refractivity contribution in [2.45, 2.75) is 170 Å². The Kier molecular flexibility index (Phi) is 9.89. The van der Waals surface area contributed by atoms with Crippen LogP contribution in [0.4, 0.5) is 4.79 Å². The number of rotatable bonds is 8. The van der Waals surface area contributed by atoms with E-state index >= 15 is 0 Å². The number of ether oxygens (including phenoxy) is 1. The standard InChI is InChI=1S/C43H70N2O5/c1-27(2)29-17-22-43(45-37(49)44-26-28-13-11-10-12-14-28)24-23-41(8)30(35(29)43)15-16-32-40(7)20-19-33(50-34(46)25-38(3,4)36(47)48)39(5,6)31(40)18-21-42(32,41)9/h28-33,35H,1,10-26H2,2-9H3,(H,47,48)(H2,44,45,49)/t29-,30+,31-,32+,33-,35+,40-,41+,42+,43-/m0/s1. The fourth-order valence-corrected chi connectivity index (χ4v) is 14.1. The molecule has 0 radical (unpaired) electrons. The van der Waals surface area contributed by atoms with Gasteiger partial charge >= 0.3 is 18.0 Å². The van der Waals surface area contributed by atoms with Gasteiger partial charge < -0.3 is 20.5 Å². The number of carboxylic acids is 1. The summed E-state index contributed by atoms with van der Waals surface area (Å²) in [5, 5.41) is 16.6. The van der Waals surface area contributed by atoms with Crippen molar-refractivity contribution in [3.05, 3.63) is 12.2 Å². The number of amides is 2. The topological polar surface area (TPSA) is 105 Å². The predicted molar refractivity (Wildman–Crippen MR) is 198 cm³/mol. The summed E-state index contributed by atoms with van der Waals surface area (Å²) in [6.07, 6.45) is 17.0. The van der Waals surface area contributed by atoms with E-state index in [0.29, 0.717) is 35.5 Å². The van der Waals surface area contributed by atoms with Gasteiger partial charge in [0.2, 0.25) is 0 Å². The average molecular weight is 695 g/mol. The molecule has 0 spiro atoms. The van der Waals surface area contributed by atoms with Crippen molar-refractivity contribution in [2.75, 3.05) is 6.54 Å². The van der Waals surface area contributed by atoms with E-state index in [4.69, 9.17) is 4.74 Å². The second-order valence-corrected chi connectivity index (χ2v) is 20.4. The smallest absolute Gasteiger partial charge is 0.315 e. The molecule has 0 bridgehead atoms. The summed E-state index contributed by atoms with van der Waals surface area (Å²) < 4.78 is 6.18. The van der Waals surface area contributed by atoms with Crippen molar-refractivity contribution in [2.24, 2.45) is 62.6 Å². The number of fused-ring (bicyclic) bond motifs is 7. The molecule has 6 saturated carbocycles. The van der Waals surface area contributed by atoms with E-state index in [-0.39, 0.29) is 45.8 Å². The van der Waals surface area contributed by atoms with Crippen LogP contribution in [0.25, 0.3) is 0 Å². The third kappa shape index (κ3) is 6.04. The lowest BCUT2D eigenvalue weighted by Gasteiger charge is -2.73. The fraction of sp³-hybridized carbons (Fsp3) is 0.884. The van der Waals surface area contributed by atoms with Gasteiger partial charge in [-0.1, -0.05) is 66.0 Å². The first-order valence-electron chi connectivity index (χ1n) is 20.4. The molecule has 0 aliphatic heterocycles. The van der Waals surface area contributed by atoms with Gasteiger partial charge in [0.05, 0.1) is 11.8 Å². The van der Waals surface area contributed by atoms with E-state index in [9.17, 15) is 19.5 Å². The number of nitrogens with one attached hydrogen (secondary N) is 2. The lowest BCUT2D eigenvalue weighted by Crippen LogP contribution is -2.69. The maximum Gasteiger partial charge on any atom is 0.315 e. The second-order valence-electron chi connectivity index (χ2n) is 20.4. The average Bonchev–Trinajstić information content (AvgIpc) is 3.41. The van der Waals surface area contributed by atoms with Crippen LogP contribution in [0.15, 0.2) is 12.2 Å². The molecule has 0 saturated heterocycles. The molecule has 0 heterocycles. The van der Waals surface area contributed by atoms with Crippen LogP contribution in [0.3, 0.4) is 0 Å². The quantitative estimate of drug-likeness (QED) is 0.173. The Morgan fingerprint density at radius 1 is 0.820 bits per heavy atom. The Morgan fingerprint density at radius 3 is 2.18 bits per heavy atom. The van der Waals surface area contributed by atoms with Crippen molar-refractivity contribution in [1.82, 2.24) is 10.6 Å². The molecule has 0 aromatic heterocycles. The minimum Gasteiger partial charge on any atom is -0.481 e. The van der Waals surface area contributed by atoms with Crippen molar-refractivity contribution in [3.8, 4) is 0 Å². The molecule has 3 N–H and O–H groups in total. The van der Waals surface area contributed by atoms with Gasteiger partial charge in [-0.2, -0.15) is 0 Å². The van der Waals surface area contributed by atoms with Gasteiger partial charge in [-0.3, -0.25) is 9.59 Å². The molecule has 7 heteroatoms. The molecule has 6 aliphatic carbocycles. The number of hydrogen-bond donors (Lipinski definition) is 3. The number of carbonyl (C=O) groups excluding carboxylic acids is 2. The third-order valence-electron chi connectivity index (χ3n) is 17.1. The summed E-state index contributed by atoms with van der Waals surface area (Å²) >= 11 is 0. The molecule has 50 heavy (non-hydrogen) atoms. The molecule has 6 aliphatic rings. The normalized spacial score (nSPS) is 42.6. The number of urea groups is 1. The van der Waals surface area contributed by atoms with Gasteiger partial charge in [-0.15, -0.1) is 0 Å². The minimum absolute atomic E-state index is 0.0469. The number of hydrogen-bond acceptors (Lipinski definition) is 4. The van der Waals surface area contributed by atoms with E-state index < -0.39 is 17.4 Å². The highest BCUT2D eigenvalue weighted by atomic mass is 16.5. The highest BCUT2D eigenvalue weighted by molar-refractivity contribution is 5.81. The Bertz CT molecular complexity index is 1350. The predicted octanol–water partition coefficient (Wildman–Crippen LogP) is 9.69. The zero-order valence-electron chi connectivity index (χ0n) is 32.8. The summed E-state index contributed by atoms with van der Waals surface area (Å²) in [5.41, 5.74) is 0.295. The zero-order valence-corrected chi connectivity index (χ0v) is 32.8. The SMILES string of the molecule is C=C(C)[C@@H]1CC[C@]2(NC(=O)NCC3CCCCC3)CC[C@]3(C)[C@H](CC[C@@H]4[C@@]5(C)CC[C@H](OC(=O)CC(C)(C)C(=O)O)C(C)(C)[C@@H]5CC[C@]43C)[C@@H]12. The summed E-state index contributed by atoms with van der Waals surface area (Å²) in [5.74, 6) is 1.68. The minimum atomic E-state index is -1.14. The molecule has 0 aromatic carbocycles. The number of carboxylic acid groups (broad SMARTS) is 1. The van der Waals surface area contributed by atoms with Crippen LogP contribution in [-0.4, -0.2) is 41.3 Å². The highest BCUT2D eigenvalue weighted by Gasteiger charge is 2.71. The summed E-state index contributed by atoms with van der Waals surface area (Å²) in [7, 11) is 0. The van der Waals surface area contributed by atoms with E-state index in [1.807, 2.05) is 0 Å². The Morgan fingerprint density at radius 2 is 1.52 bits per heavy atom. The Labute approximate surface area is 303 Å². The fourth-order valence-electron chi connectivity index (χ4n) is 14.1. The van der Waals surface area contributed by atoms with Crippen LogP contribution in [0, 0.1) is 62.6 Å². The summed E-state index contributed by atoms with van der Waals surface area (Å²) in [6, 6.07) is 0.0469.